The van der Waals surface area contributed by atoms with Crippen molar-refractivity contribution in [3.63, 3.8) is 0 Å². The Bertz CT molecular complexity index is 512. The average molecular weight is 279 g/mol. The van der Waals surface area contributed by atoms with Crippen molar-refractivity contribution in [2.24, 2.45) is 7.05 Å². The van der Waals surface area contributed by atoms with Crippen molar-refractivity contribution >= 4 is 18.0 Å². The summed E-state index contributed by atoms with van der Waals surface area (Å²) in [7, 11) is 1.80. The number of hydrogen-bond donors (Lipinski definition) is 1. The van der Waals surface area contributed by atoms with Crippen LogP contribution in [0.1, 0.15) is 32.8 Å². The molecule has 1 heterocycles. The van der Waals surface area contributed by atoms with Gasteiger partial charge in [-0.2, -0.15) is 5.10 Å². The van der Waals surface area contributed by atoms with Gasteiger partial charge < -0.3 is 10.0 Å². The van der Waals surface area contributed by atoms with Gasteiger partial charge in [0.15, 0.2) is 0 Å². The lowest BCUT2D eigenvalue weighted by atomic mass is 10.1. The summed E-state index contributed by atoms with van der Waals surface area (Å²) in [5.74, 6) is -1.12. The molecule has 0 saturated heterocycles. The second kappa shape index (κ2) is 6.36. The largest absolute Gasteiger partial charge is 0.481 e. The fraction of sp³-hybridized carbons (Fsp3) is 0.500. The molecule has 0 aliphatic carbocycles. The van der Waals surface area contributed by atoms with E-state index >= 15 is 0 Å². The quantitative estimate of drug-likeness (QED) is 0.829. The number of carbonyl (C=O) groups is 2. The Morgan fingerprint density at radius 3 is 2.55 bits per heavy atom. The number of hydrogen-bond acceptors (Lipinski definition) is 3. The van der Waals surface area contributed by atoms with Gasteiger partial charge in [0.05, 0.1) is 12.6 Å². The summed E-state index contributed by atoms with van der Waals surface area (Å²) in [6.07, 6.45) is 6.51. The fourth-order valence-corrected chi connectivity index (χ4v) is 1.77. The van der Waals surface area contributed by atoms with Crippen LogP contribution >= 0.6 is 0 Å². The highest BCUT2D eigenvalue weighted by Crippen LogP contribution is 2.15. The molecule has 0 unspecified atom stereocenters. The molecular weight excluding hydrogens is 258 g/mol. The van der Waals surface area contributed by atoms with E-state index in [-0.39, 0.29) is 18.9 Å². The van der Waals surface area contributed by atoms with E-state index in [1.54, 1.807) is 35.1 Å². The van der Waals surface area contributed by atoms with Crippen LogP contribution < -0.4 is 0 Å². The maximum absolute atomic E-state index is 12.2. The van der Waals surface area contributed by atoms with Crippen molar-refractivity contribution in [3.8, 4) is 0 Å². The highest BCUT2D eigenvalue weighted by atomic mass is 16.4. The molecule has 0 saturated carbocycles. The Morgan fingerprint density at radius 1 is 1.45 bits per heavy atom. The van der Waals surface area contributed by atoms with Crippen molar-refractivity contribution in [2.45, 2.75) is 32.7 Å². The van der Waals surface area contributed by atoms with Gasteiger partial charge in [-0.05, 0) is 26.8 Å². The van der Waals surface area contributed by atoms with Gasteiger partial charge in [-0.3, -0.25) is 14.3 Å². The monoisotopic (exact) mass is 279 g/mol. The van der Waals surface area contributed by atoms with Crippen molar-refractivity contribution < 1.29 is 14.7 Å². The molecule has 1 rings (SSSR count). The van der Waals surface area contributed by atoms with E-state index in [4.69, 9.17) is 5.11 Å². The fourth-order valence-electron chi connectivity index (χ4n) is 1.77. The van der Waals surface area contributed by atoms with Gasteiger partial charge in [-0.25, -0.2) is 0 Å². The van der Waals surface area contributed by atoms with Gasteiger partial charge in [-0.1, -0.05) is 0 Å². The highest BCUT2D eigenvalue weighted by Gasteiger charge is 2.25. The second-order valence-electron chi connectivity index (χ2n) is 5.59. The molecule has 6 nitrogen and oxygen atoms in total. The maximum atomic E-state index is 12.2. The van der Waals surface area contributed by atoms with Gasteiger partial charge in [0.25, 0.3) is 0 Å². The summed E-state index contributed by atoms with van der Waals surface area (Å²) < 4.78 is 1.65. The van der Waals surface area contributed by atoms with Gasteiger partial charge in [0.1, 0.15) is 0 Å². The Kier molecular flexibility index (Phi) is 5.07. The standard InChI is InChI=1S/C14H21N3O3/c1-14(2,3)17(8-7-13(19)20)12(18)6-5-11-9-15-16(4)10-11/h5-6,9-10H,7-8H2,1-4H3,(H,19,20)/b6-5+. The van der Waals surface area contributed by atoms with Crippen LogP contribution in [0, 0.1) is 0 Å². The molecule has 0 fully saturated rings. The Labute approximate surface area is 118 Å². The van der Waals surface area contributed by atoms with Crippen LogP contribution in [0.25, 0.3) is 6.08 Å². The van der Waals surface area contributed by atoms with E-state index in [0.29, 0.717) is 0 Å². The zero-order chi connectivity index (χ0) is 15.3. The number of nitrogens with zero attached hydrogens (tertiary/aromatic N) is 3. The van der Waals surface area contributed by atoms with Crippen LogP contribution in [0.5, 0.6) is 0 Å². The first kappa shape index (κ1) is 15.9. The van der Waals surface area contributed by atoms with Crippen LogP contribution in [-0.2, 0) is 16.6 Å². The summed E-state index contributed by atoms with van der Waals surface area (Å²) in [5.41, 5.74) is 0.402. The predicted molar refractivity (Wildman–Crippen MR) is 76.0 cm³/mol. The summed E-state index contributed by atoms with van der Waals surface area (Å²) in [5, 5.41) is 12.8. The lowest BCUT2D eigenvalue weighted by Gasteiger charge is -2.34. The molecule has 0 radical (unpaired) electrons. The second-order valence-corrected chi connectivity index (χ2v) is 5.59. The third-order valence-electron chi connectivity index (χ3n) is 2.77. The molecule has 0 bridgehead atoms. The van der Waals surface area contributed by atoms with E-state index in [0.717, 1.165) is 5.56 Å². The smallest absolute Gasteiger partial charge is 0.305 e. The van der Waals surface area contributed by atoms with E-state index < -0.39 is 11.5 Å². The van der Waals surface area contributed by atoms with Crippen LogP contribution in [0.2, 0.25) is 0 Å². The first-order valence-electron chi connectivity index (χ1n) is 6.40. The molecular formula is C14H21N3O3. The molecule has 0 aromatic carbocycles. The van der Waals surface area contributed by atoms with E-state index in [1.165, 1.54) is 6.08 Å². The number of amides is 1. The van der Waals surface area contributed by atoms with E-state index in [1.807, 2.05) is 20.8 Å². The number of aliphatic carboxylic acids is 1. The third kappa shape index (κ3) is 4.87. The third-order valence-corrected chi connectivity index (χ3v) is 2.77. The van der Waals surface area contributed by atoms with Crippen LogP contribution in [0.3, 0.4) is 0 Å². The number of aromatic nitrogens is 2. The molecule has 6 heteroatoms. The van der Waals surface area contributed by atoms with Crippen molar-refractivity contribution in [2.75, 3.05) is 6.54 Å². The molecule has 110 valence electrons. The highest BCUT2D eigenvalue weighted by molar-refractivity contribution is 5.92. The SMILES string of the molecule is Cn1cc(/C=C/C(=O)N(CCC(=O)O)C(C)(C)C)cn1. The Morgan fingerprint density at radius 2 is 2.10 bits per heavy atom. The summed E-state index contributed by atoms with van der Waals surface area (Å²) in [6.45, 7) is 5.83. The molecule has 20 heavy (non-hydrogen) atoms. The predicted octanol–water partition coefficient (Wildman–Crippen LogP) is 1.54. The Hall–Kier alpha value is -2.11. The molecule has 1 aromatic rings. The number of aryl methyl sites for hydroxylation is 1. The van der Waals surface area contributed by atoms with Crippen LogP contribution in [0.4, 0.5) is 0 Å². The minimum absolute atomic E-state index is 0.0657. The molecule has 1 aromatic heterocycles. The Balaban J connectivity index is 2.77. The molecule has 1 N–H and O–H groups in total. The molecule has 0 atom stereocenters. The van der Waals surface area contributed by atoms with Crippen LogP contribution in [0.15, 0.2) is 18.5 Å². The zero-order valence-corrected chi connectivity index (χ0v) is 12.3. The summed E-state index contributed by atoms with van der Waals surface area (Å²) >= 11 is 0. The first-order chi connectivity index (χ1) is 9.20. The van der Waals surface area contributed by atoms with Gasteiger partial charge in [0.2, 0.25) is 5.91 Å². The topological polar surface area (TPSA) is 75.4 Å². The van der Waals surface area contributed by atoms with Gasteiger partial charge in [-0.15, -0.1) is 0 Å². The minimum Gasteiger partial charge on any atom is -0.481 e. The lowest BCUT2D eigenvalue weighted by molar-refractivity contribution is -0.139. The summed E-state index contributed by atoms with van der Waals surface area (Å²) in [6, 6.07) is 0. The van der Waals surface area contributed by atoms with Crippen molar-refractivity contribution in [1.29, 1.82) is 0 Å². The van der Waals surface area contributed by atoms with E-state index in [2.05, 4.69) is 5.10 Å². The zero-order valence-electron chi connectivity index (χ0n) is 12.3. The van der Waals surface area contributed by atoms with Crippen LogP contribution in [-0.4, -0.2) is 43.7 Å². The number of rotatable bonds is 5. The maximum Gasteiger partial charge on any atom is 0.305 e. The molecule has 0 spiro atoms. The van der Waals surface area contributed by atoms with Crippen molar-refractivity contribution in [3.05, 3.63) is 24.0 Å². The number of carboxylic acids is 1. The van der Waals surface area contributed by atoms with E-state index in [9.17, 15) is 9.59 Å². The van der Waals surface area contributed by atoms with Crippen molar-refractivity contribution in [1.82, 2.24) is 14.7 Å². The molecule has 0 aliphatic heterocycles. The normalized spacial score (nSPS) is 11.8. The number of carbonyl (C=O) groups excluding carboxylic acids is 1. The van der Waals surface area contributed by atoms with Gasteiger partial charge in [0, 0.05) is 37.0 Å². The van der Waals surface area contributed by atoms with Gasteiger partial charge >= 0.3 is 5.97 Å². The average Bonchev–Trinajstić information content (AvgIpc) is 2.70. The summed E-state index contributed by atoms with van der Waals surface area (Å²) in [4.78, 5) is 24.4. The molecule has 0 aliphatic rings. The lowest BCUT2D eigenvalue weighted by Crippen LogP contribution is -2.45. The number of carboxylic acid groups (broad SMARTS) is 1. The molecule has 1 amide bonds. The minimum atomic E-state index is -0.914. The first-order valence-corrected chi connectivity index (χ1v) is 6.40.